The molecule has 18 heavy (non-hydrogen) atoms. The third kappa shape index (κ3) is 3.08. The Morgan fingerprint density at radius 3 is 2.56 bits per heavy atom. The monoisotopic (exact) mass is 246 g/mol. The molecule has 0 fully saturated rings. The summed E-state index contributed by atoms with van der Waals surface area (Å²) in [6.07, 6.45) is -0.167. The topological polar surface area (TPSA) is 29.5 Å². The van der Waals surface area contributed by atoms with Gasteiger partial charge in [0.05, 0.1) is 6.61 Å². The van der Waals surface area contributed by atoms with Crippen LogP contribution in [0.2, 0.25) is 0 Å². The number of ether oxygens (including phenoxy) is 1. The molecular formula is C15H15FO2. The third-order valence-corrected chi connectivity index (χ3v) is 2.70. The first-order chi connectivity index (χ1) is 8.69. The zero-order valence-corrected chi connectivity index (χ0v) is 10.1. The Labute approximate surface area is 106 Å². The first-order valence-corrected chi connectivity index (χ1v) is 5.81. The summed E-state index contributed by atoms with van der Waals surface area (Å²) in [5, 5.41) is 9.02. The van der Waals surface area contributed by atoms with E-state index in [-0.39, 0.29) is 12.7 Å². The summed E-state index contributed by atoms with van der Waals surface area (Å²) in [5.74, 6) is 0.0206. The van der Waals surface area contributed by atoms with Crippen LogP contribution in [-0.4, -0.2) is 5.11 Å². The normalized spacial score (nSPS) is 12.2. The molecule has 0 aromatic heterocycles. The molecule has 0 aliphatic heterocycles. The number of hydrogen-bond donors (Lipinski definition) is 1. The van der Waals surface area contributed by atoms with Gasteiger partial charge in [-0.1, -0.05) is 30.3 Å². The SMILES string of the molecule is CC(Oc1cc(F)cc(CO)c1)c1ccccc1. The van der Waals surface area contributed by atoms with E-state index in [9.17, 15) is 4.39 Å². The van der Waals surface area contributed by atoms with Gasteiger partial charge in [-0.2, -0.15) is 0 Å². The van der Waals surface area contributed by atoms with Crippen LogP contribution in [0.3, 0.4) is 0 Å². The zero-order chi connectivity index (χ0) is 13.0. The summed E-state index contributed by atoms with van der Waals surface area (Å²) < 4.78 is 18.9. The molecule has 1 N–H and O–H groups in total. The van der Waals surface area contributed by atoms with Gasteiger partial charge in [0.1, 0.15) is 17.7 Å². The van der Waals surface area contributed by atoms with Crippen molar-refractivity contribution in [3.63, 3.8) is 0 Å². The summed E-state index contributed by atoms with van der Waals surface area (Å²) in [5.41, 5.74) is 1.53. The number of benzene rings is 2. The molecule has 0 radical (unpaired) electrons. The highest BCUT2D eigenvalue weighted by Crippen LogP contribution is 2.23. The Morgan fingerprint density at radius 2 is 1.89 bits per heavy atom. The van der Waals surface area contributed by atoms with Gasteiger partial charge in [0.2, 0.25) is 0 Å². The van der Waals surface area contributed by atoms with Crippen molar-refractivity contribution < 1.29 is 14.2 Å². The van der Waals surface area contributed by atoms with Crippen molar-refractivity contribution in [3.05, 3.63) is 65.5 Å². The lowest BCUT2D eigenvalue weighted by Gasteiger charge is -2.15. The summed E-state index contributed by atoms with van der Waals surface area (Å²) in [4.78, 5) is 0. The quantitative estimate of drug-likeness (QED) is 0.895. The molecule has 0 aliphatic carbocycles. The van der Waals surface area contributed by atoms with Gasteiger partial charge in [-0.3, -0.25) is 0 Å². The largest absolute Gasteiger partial charge is 0.486 e. The van der Waals surface area contributed by atoms with E-state index in [1.54, 1.807) is 6.07 Å². The van der Waals surface area contributed by atoms with E-state index < -0.39 is 5.82 Å². The van der Waals surface area contributed by atoms with Crippen LogP contribution in [0.4, 0.5) is 4.39 Å². The number of aliphatic hydroxyl groups excluding tert-OH is 1. The maximum absolute atomic E-state index is 13.3. The van der Waals surface area contributed by atoms with Crippen LogP contribution in [0.25, 0.3) is 0 Å². The Balaban J connectivity index is 2.16. The van der Waals surface area contributed by atoms with Gasteiger partial charge in [0.15, 0.2) is 0 Å². The molecule has 0 bridgehead atoms. The van der Waals surface area contributed by atoms with Crippen molar-refractivity contribution in [3.8, 4) is 5.75 Å². The van der Waals surface area contributed by atoms with E-state index in [0.29, 0.717) is 11.3 Å². The highest BCUT2D eigenvalue weighted by Gasteiger charge is 2.08. The molecule has 94 valence electrons. The van der Waals surface area contributed by atoms with Crippen LogP contribution in [0, 0.1) is 5.82 Å². The lowest BCUT2D eigenvalue weighted by atomic mass is 10.1. The van der Waals surface area contributed by atoms with E-state index in [1.165, 1.54) is 12.1 Å². The minimum Gasteiger partial charge on any atom is -0.486 e. The number of rotatable bonds is 4. The number of aliphatic hydroxyl groups is 1. The zero-order valence-electron chi connectivity index (χ0n) is 10.1. The molecule has 0 spiro atoms. The molecule has 1 atom stereocenters. The van der Waals surface area contributed by atoms with Gasteiger partial charge in [0, 0.05) is 6.07 Å². The van der Waals surface area contributed by atoms with Crippen molar-refractivity contribution in [1.82, 2.24) is 0 Å². The van der Waals surface area contributed by atoms with E-state index >= 15 is 0 Å². The van der Waals surface area contributed by atoms with Crippen LogP contribution in [0.15, 0.2) is 48.5 Å². The van der Waals surface area contributed by atoms with Gasteiger partial charge in [-0.25, -0.2) is 4.39 Å². The summed E-state index contributed by atoms with van der Waals surface area (Å²) >= 11 is 0. The van der Waals surface area contributed by atoms with Crippen LogP contribution in [0.1, 0.15) is 24.2 Å². The molecule has 2 nitrogen and oxygen atoms in total. The Kier molecular flexibility index (Phi) is 3.95. The van der Waals surface area contributed by atoms with Crippen molar-refractivity contribution in [2.75, 3.05) is 0 Å². The van der Waals surface area contributed by atoms with Crippen molar-refractivity contribution in [1.29, 1.82) is 0 Å². The van der Waals surface area contributed by atoms with Crippen molar-refractivity contribution in [2.45, 2.75) is 19.6 Å². The summed E-state index contributed by atoms with van der Waals surface area (Å²) in [6, 6.07) is 14.0. The van der Waals surface area contributed by atoms with Crippen LogP contribution in [-0.2, 0) is 6.61 Å². The first-order valence-electron chi connectivity index (χ1n) is 5.81. The molecule has 0 aliphatic rings. The Morgan fingerprint density at radius 1 is 1.17 bits per heavy atom. The van der Waals surface area contributed by atoms with E-state index in [2.05, 4.69) is 0 Å². The number of hydrogen-bond acceptors (Lipinski definition) is 2. The molecule has 0 saturated carbocycles. The maximum atomic E-state index is 13.3. The van der Waals surface area contributed by atoms with Crippen LogP contribution < -0.4 is 4.74 Å². The lowest BCUT2D eigenvalue weighted by molar-refractivity contribution is 0.224. The average Bonchev–Trinajstić information content (AvgIpc) is 2.39. The fraction of sp³-hybridized carbons (Fsp3) is 0.200. The molecular weight excluding hydrogens is 231 g/mol. The van der Waals surface area contributed by atoms with E-state index in [4.69, 9.17) is 9.84 Å². The van der Waals surface area contributed by atoms with Gasteiger partial charge >= 0.3 is 0 Å². The highest BCUT2D eigenvalue weighted by atomic mass is 19.1. The minimum atomic E-state index is -0.406. The molecule has 0 amide bonds. The molecule has 0 saturated heterocycles. The van der Waals surface area contributed by atoms with Gasteiger partial charge in [-0.05, 0) is 30.2 Å². The molecule has 1 unspecified atom stereocenters. The van der Waals surface area contributed by atoms with E-state index in [1.807, 2.05) is 37.3 Å². The fourth-order valence-electron chi connectivity index (χ4n) is 1.78. The summed E-state index contributed by atoms with van der Waals surface area (Å²) in [6.45, 7) is 1.70. The van der Waals surface area contributed by atoms with Gasteiger partial charge in [0.25, 0.3) is 0 Å². The maximum Gasteiger partial charge on any atom is 0.127 e. The smallest absolute Gasteiger partial charge is 0.127 e. The second kappa shape index (κ2) is 5.65. The molecule has 2 aromatic rings. The molecule has 2 rings (SSSR count). The average molecular weight is 246 g/mol. The third-order valence-electron chi connectivity index (χ3n) is 2.70. The molecule has 0 heterocycles. The minimum absolute atomic E-state index is 0.167. The van der Waals surface area contributed by atoms with Crippen molar-refractivity contribution >= 4 is 0 Å². The van der Waals surface area contributed by atoms with Gasteiger partial charge < -0.3 is 9.84 Å². The second-order valence-electron chi connectivity index (χ2n) is 4.12. The first kappa shape index (κ1) is 12.6. The van der Waals surface area contributed by atoms with Crippen molar-refractivity contribution in [2.24, 2.45) is 0 Å². The number of halogens is 1. The van der Waals surface area contributed by atoms with Crippen LogP contribution in [0.5, 0.6) is 5.75 Å². The van der Waals surface area contributed by atoms with E-state index in [0.717, 1.165) is 5.56 Å². The Bertz CT molecular complexity index is 511. The molecule has 3 heteroatoms. The Hall–Kier alpha value is -1.87. The predicted molar refractivity (Wildman–Crippen MR) is 67.8 cm³/mol. The fourth-order valence-corrected chi connectivity index (χ4v) is 1.78. The van der Waals surface area contributed by atoms with Gasteiger partial charge in [-0.15, -0.1) is 0 Å². The molecule has 2 aromatic carbocycles. The summed E-state index contributed by atoms with van der Waals surface area (Å²) in [7, 11) is 0. The predicted octanol–water partition coefficient (Wildman–Crippen LogP) is 3.46. The van der Waals surface area contributed by atoms with Crippen LogP contribution >= 0.6 is 0 Å². The lowest BCUT2D eigenvalue weighted by Crippen LogP contribution is -2.03. The highest BCUT2D eigenvalue weighted by molar-refractivity contribution is 5.30. The second-order valence-corrected chi connectivity index (χ2v) is 4.12. The standard InChI is InChI=1S/C15H15FO2/c1-11(13-5-3-2-4-6-13)18-15-8-12(10-17)7-14(16)9-15/h2-9,11,17H,10H2,1H3.